The van der Waals surface area contributed by atoms with E-state index >= 15 is 0 Å². The lowest BCUT2D eigenvalue weighted by molar-refractivity contribution is 0.524. The first kappa shape index (κ1) is 16.0. The Hall–Kier alpha value is -2.53. The monoisotopic (exact) mass is 339 g/mol. The van der Waals surface area contributed by atoms with Crippen LogP contribution in [0, 0.1) is 11.6 Å². The van der Waals surface area contributed by atoms with Crippen molar-refractivity contribution in [1.29, 1.82) is 0 Å². The van der Waals surface area contributed by atoms with Gasteiger partial charge in [0.1, 0.15) is 17.5 Å². The van der Waals surface area contributed by atoms with Crippen LogP contribution in [-0.2, 0) is 12.8 Å². The average molecular weight is 339 g/mol. The van der Waals surface area contributed by atoms with Crippen molar-refractivity contribution in [2.24, 2.45) is 0 Å². The molecule has 0 saturated heterocycles. The van der Waals surface area contributed by atoms with Crippen LogP contribution in [0.25, 0.3) is 5.69 Å². The maximum absolute atomic E-state index is 13.8. The maximum Gasteiger partial charge on any atom is 0.129 e. The van der Waals surface area contributed by atoms with Crippen molar-refractivity contribution in [2.45, 2.75) is 25.3 Å². The van der Waals surface area contributed by atoms with E-state index in [1.165, 1.54) is 6.07 Å². The zero-order valence-corrected chi connectivity index (χ0v) is 13.8. The van der Waals surface area contributed by atoms with E-state index in [0.717, 1.165) is 36.0 Å². The predicted octanol–water partition coefficient (Wildman–Crippen LogP) is 3.97. The summed E-state index contributed by atoms with van der Waals surface area (Å²) in [5.41, 5.74) is 2.47. The smallest absolute Gasteiger partial charge is 0.129 e. The summed E-state index contributed by atoms with van der Waals surface area (Å²) < 4.78 is 29.4. The van der Waals surface area contributed by atoms with Gasteiger partial charge in [-0.25, -0.2) is 13.8 Å². The van der Waals surface area contributed by atoms with Crippen molar-refractivity contribution in [1.82, 2.24) is 14.9 Å². The van der Waals surface area contributed by atoms with Gasteiger partial charge in [-0.3, -0.25) is 0 Å². The molecule has 0 aliphatic heterocycles. The molecule has 25 heavy (non-hydrogen) atoms. The normalized spacial score (nSPS) is 16.2. The molecule has 2 aromatic carbocycles. The van der Waals surface area contributed by atoms with E-state index in [1.807, 2.05) is 36.5 Å². The molecule has 1 N–H and O–H groups in total. The second kappa shape index (κ2) is 6.76. The first-order valence-electron chi connectivity index (χ1n) is 8.51. The van der Waals surface area contributed by atoms with Crippen LogP contribution in [0.4, 0.5) is 8.78 Å². The van der Waals surface area contributed by atoms with Crippen molar-refractivity contribution >= 4 is 0 Å². The summed E-state index contributed by atoms with van der Waals surface area (Å²) in [7, 11) is 0. The van der Waals surface area contributed by atoms with Crippen LogP contribution in [-0.4, -0.2) is 16.1 Å². The number of halogens is 2. The quantitative estimate of drug-likeness (QED) is 0.762. The van der Waals surface area contributed by atoms with Gasteiger partial charge in [-0.15, -0.1) is 0 Å². The van der Waals surface area contributed by atoms with E-state index in [0.29, 0.717) is 18.5 Å². The molecular weight excluding hydrogens is 320 g/mol. The van der Waals surface area contributed by atoms with Gasteiger partial charge in [0.2, 0.25) is 0 Å². The summed E-state index contributed by atoms with van der Waals surface area (Å²) in [5.74, 6) is 0.0193. The van der Waals surface area contributed by atoms with Crippen LogP contribution in [0.15, 0.2) is 54.9 Å². The van der Waals surface area contributed by atoms with Crippen molar-refractivity contribution in [2.75, 3.05) is 6.54 Å². The first-order valence-corrected chi connectivity index (χ1v) is 8.51. The first-order chi connectivity index (χ1) is 12.2. The Morgan fingerprint density at radius 1 is 1.16 bits per heavy atom. The Morgan fingerprint density at radius 3 is 2.84 bits per heavy atom. The topological polar surface area (TPSA) is 29.9 Å². The number of nitrogens with zero attached hydrogens (tertiary/aromatic N) is 2. The second-order valence-corrected chi connectivity index (χ2v) is 6.30. The lowest BCUT2D eigenvalue weighted by atomic mass is 10.1. The van der Waals surface area contributed by atoms with Crippen LogP contribution in [0.2, 0.25) is 0 Å². The molecule has 1 aliphatic rings. The highest BCUT2D eigenvalue weighted by Crippen LogP contribution is 2.33. The van der Waals surface area contributed by atoms with Crippen LogP contribution in [0.5, 0.6) is 0 Å². The highest BCUT2D eigenvalue weighted by atomic mass is 19.1. The lowest BCUT2D eigenvalue weighted by Crippen LogP contribution is -2.23. The fraction of sp³-hybridized carbons (Fsp3) is 0.250. The van der Waals surface area contributed by atoms with E-state index in [4.69, 9.17) is 0 Å². The number of nitrogens with one attached hydrogen (secondary N) is 1. The predicted molar refractivity (Wildman–Crippen MR) is 92.7 cm³/mol. The summed E-state index contributed by atoms with van der Waals surface area (Å²) in [6.07, 6.45) is 5.92. The van der Waals surface area contributed by atoms with E-state index in [1.54, 1.807) is 6.20 Å². The molecule has 4 rings (SSSR count). The number of fused-ring (bicyclic) bond motifs is 1. The Morgan fingerprint density at radius 2 is 2.00 bits per heavy atom. The Labute approximate surface area is 145 Å². The van der Waals surface area contributed by atoms with Crippen molar-refractivity contribution in [3.8, 4) is 5.69 Å². The summed E-state index contributed by atoms with van der Waals surface area (Å²) in [4.78, 5) is 4.43. The number of para-hydroxylation sites is 1. The molecule has 0 spiro atoms. The molecule has 1 heterocycles. The van der Waals surface area contributed by atoms with Crippen molar-refractivity contribution in [3.63, 3.8) is 0 Å². The molecule has 0 saturated carbocycles. The lowest BCUT2D eigenvalue weighted by Gasteiger charge is -2.15. The highest BCUT2D eigenvalue weighted by Gasteiger charge is 2.25. The van der Waals surface area contributed by atoms with E-state index in [9.17, 15) is 8.78 Å². The largest absolute Gasteiger partial charge is 0.309 e. The molecule has 128 valence electrons. The van der Waals surface area contributed by atoms with E-state index in [-0.39, 0.29) is 6.04 Å². The number of benzene rings is 2. The Balaban J connectivity index is 1.43. The number of hydrogen-bond donors (Lipinski definition) is 1. The summed E-state index contributed by atoms with van der Waals surface area (Å²) >= 11 is 0. The van der Waals surface area contributed by atoms with Gasteiger partial charge < -0.3 is 9.88 Å². The molecule has 3 aromatic rings. The van der Waals surface area contributed by atoms with Gasteiger partial charge >= 0.3 is 0 Å². The van der Waals surface area contributed by atoms with Crippen LogP contribution in [0.1, 0.15) is 29.4 Å². The average Bonchev–Trinajstić information content (AvgIpc) is 3.23. The second-order valence-electron chi connectivity index (χ2n) is 6.30. The third-order valence-corrected chi connectivity index (χ3v) is 4.74. The van der Waals surface area contributed by atoms with Crippen LogP contribution in [0.3, 0.4) is 0 Å². The molecule has 0 bridgehead atoms. The minimum atomic E-state index is -0.510. The van der Waals surface area contributed by atoms with Gasteiger partial charge in [-0.1, -0.05) is 18.2 Å². The number of imidazole rings is 1. The zero-order valence-electron chi connectivity index (χ0n) is 13.8. The molecule has 1 aliphatic carbocycles. The molecule has 1 unspecified atom stereocenters. The van der Waals surface area contributed by atoms with Crippen molar-refractivity contribution in [3.05, 3.63) is 83.4 Å². The molecule has 5 heteroatoms. The van der Waals surface area contributed by atoms with Gasteiger partial charge in [0.25, 0.3) is 0 Å². The van der Waals surface area contributed by atoms with Crippen molar-refractivity contribution < 1.29 is 8.78 Å². The zero-order chi connectivity index (χ0) is 17.2. The third-order valence-electron chi connectivity index (χ3n) is 4.74. The number of rotatable bonds is 5. The molecule has 1 aromatic heterocycles. The minimum Gasteiger partial charge on any atom is -0.309 e. The Bertz CT molecular complexity index is 874. The summed E-state index contributed by atoms with van der Waals surface area (Å²) in [6.45, 7) is 0.700. The van der Waals surface area contributed by atoms with Gasteiger partial charge in [0.05, 0.1) is 0 Å². The number of hydrogen-bond acceptors (Lipinski definition) is 2. The fourth-order valence-electron chi connectivity index (χ4n) is 3.56. The molecule has 0 fully saturated rings. The van der Waals surface area contributed by atoms with Gasteiger partial charge in [-0.2, -0.15) is 0 Å². The van der Waals surface area contributed by atoms with Gasteiger partial charge in [-0.05, 0) is 42.2 Å². The van der Waals surface area contributed by atoms with E-state index in [2.05, 4.69) is 14.9 Å². The van der Waals surface area contributed by atoms with Crippen LogP contribution < -0.4 is 5.32 Å². The third kappa shape index (κ3) is 3.20. The maximum atomic E-state index is 13.8. The molecule has 3 nitrogen and oxygen atoms in total. The SMILES string of the molecule is Fc1cc(F)c2c(c1)C(NCCc1nccn1-c1ccccc1)CC2. The highest BCUT2D eigenvalue weighted by molar-refractivity contribution is 5.36. The minimum absolute atomic E-state index is 0.000313. The fourth-order valence-corrected chi connectivity index (χ4v) is 3.56. The molecule has 1 atom stereocenters. The van der Waals surface area contributed by atoms with Gasteiger partial charge in [0.15, 0.2) is 0 Å². The van der Waals surface area contributed by atoms with Gasteiger partial charge in [0, 0.05) is 43.2 Å². The summed E-state index contributed by atoms with van der Waals surface area (Å²) in [6, 6.07) is 12.5. The van der Waals surface area contributed by atoms with E-state index < -0.39 is 11.6 Å². The van der Waals surface area contributed by atoms with Crippen LogP contribution >= 0.6 is 0 Å². The molecule has 0 radical (unpaired) electrons. The molecule has 0 amide bonds. The summed E-state index contributed by atoms with van der Waals surface area (Å²) in [5, 5.41) is 3.42. The Kier molecular flexibility index (Phi) is 4.32. The number of aromatic nitrogens is 2. The molecular formula is C20H19F2N3. The standard InChI is InChI=1S/C20H19F2N3/c21-14-12-17-16(18(22)13-14)6-7-19(17)23-9-8-20-24-10-11-25(20)15-4-2-1-3-5-15/h1-5,10-13,19,23H,6-9H2.